The molecule has 1 heterocycles. The maximum absolute atomic E-state index is 11.4. The van der Waals surface area contributed by atoms with Crippen LogP contribution in [0.25, 0.3) is 0 Å². The van der Waals surface area contributed by atoms with Gasteiger partial charge in [-0.3, -0.25) is 9.63 Å². The number of amides is 1. The van der Waals surface area contributed by atoms with Gasteiger partial charge in [-0.2, -0.15) is 0 Å². The fourth-order valence-electron chi connectivity index (χ4n) is 1.08. The van der Waals surface area contributed by atoms with Gasteiger partial charge in [0, 0.05) is 13.0 Å². The van der Waals surface area contributed by atoms with Gasteiger partial charge in [-0.05, 0) is 6.42 Å². The van der Waals surface area contributed by atoms with Crippen molar-refractivity contribution in [1.29, 1.82) is 0 Å². The van der Waals surface area contributed by atoms with Crippen molar-refractivity contribution in [2.24, 2.45) is 0 Å². The molecule has 0 radical (unpaired) electrons. The van der Waals surface area contributed by atoms with Crippen LogP contribution < -0.4 is 0 Å². The average molecular weight is 181 g/mol. The number of allylic oxidation sites excluding steroid dienone is 2. The Hall–Kier alpha value is -1.09. The molecule has 13 heavy (non-hydrogen) atoms. The van der Waals surface area contributed by atoms with Crippen molar-refractivity contribution >= 4 is 5.91 Å². The maximum Gasteiger partial charge on any atom is 0.249 e. The molecule has 0 saturated heterocycles. The van der Waals surface area contributed by atoms with Gasteiger partial charge < -0.3 is 0 Å². The van der Waals surface area contributed by atoms with E-state index in [2.05, 4.69) is 0 Å². The Kier molecular flexibility index (Phi) is 4.26. The second-order valence-electron chi connectivity index (χ2n) is 2.85. The van der Waals surface area contributed by atoms with Crippen LogP contribution in [-0.4, -0.2) is 24.1 Å². The molecule has 3 heteroatoms. The lowest BCUT2D eigenvalue weighted by molar-refractivity contribution is -0.181. The van der Waals surface area contributed by atoms with Crippen LogP contribution in [0.2, 0.25) is 0 Å². The summed E-state index contributed by atoms with van der Waals surface area (Å²) in [6.07, 6.45) is 8.83. The minimum atomic E-state index is 0.0294. The molecule has 0 spiro atoms. The summed E-state index contributed by atoms with van der Waals surface area (Å²) in [5.41, 5.74) is 0. The van der Waals surface area contributed by atoms with Gasteiger partial charge in [0.2, 0.25) is 5.91 Å². The largest absolute Gasteiger partial charge is 0.272 e. The number of rotatable bonds is 2. The van der Waals surface area contributed by atoms with Gasteiger partial charge >= 0.3 is 0 Å². The first-order chi connectivity index (χ1) is 6.34. The van der Waals surface area contributed by atoms with Crippen molar-refractivity contribution in [1.82, 2.24) is 5.06 Å². The Morgan fingerprint density at radius 1 is 1.46 bits per heavy atom. The van der Waals surface area contributed by atoms with E-state index in [1.54, 1.807) is 0 Å². The second-order valence-corrected chi connectivity index (χ2v) is 2.85. The van der Waals surface area contributed by atoms with E-state index in [9.17, 15) is 4.79 Å². The molecule has 1 rings (SSSR count). The summed E-state index contributed by atoms with van der Waals surface area (Å²) >= 11 is 0. The molecule has 0 atom stereocenters. The number of carbonyl (C=O) groups excluding carboxylic acids is 1. The van der Waals surface area contributed by atoms with Crippen molar-refractivity contribution in [3.8, 4) is 0 Å². The summed E-state index contributed by atoms with van der Waals surface area (Å²) in [7, 11) is 0. The Morgan fingerprint density at radius 2 is 2.23 bits per heavy atom. The third-order valence-electron chi connectivity index (χ3n) is 1.71. The standard InChI is InChI=1S/C10H15NO2/c1-2-8-11-10(12)7-5-3-4-6-9-13-11/h3-6H,2,7-9H2,1H3/b5-3-,6-4-. The number of hydroxylamine groups is 2. The van der Waals surface area contributed by atoms with Crippen LogP contribution in [0.4, 0.5) is 0 Å². The van der Waals surface area contributed by atoms with Crippen molar-refractivity contribution in [2.45, 2.75) is 19.8 Å². The highest BCUT2D eigenvalue weighted by Crippen LogP contribution is 2.01. The van der Waals surface area contributed by atoms with Crippen LogP contribution >= 0.6 is 0 Å². The van der Waals surface area contributed by atoms with Gasteiger partial charge in [0.25, 0.3) is 0 Å². The first kappa shape index (κ1) is 9.99. The molecule has 1 amide bonds. The molecule has 0 fully saturated rings. The molecule has 0 unspecified atom stereocenters. The third kappa shape index (κ3) is 3.42. The lowest BCUT2D eigenvalue weighted by Gasteiger charge is -2.19. The van der Waals surface area contributed by atoms with Crippen molar-refractivity contribution in [2.75, 3.05) is 13.2 Å². The summed E-state index contributed by atoms with van der Waals surface area (Å²) in [5.74, 6) is 0.0294. The zero-order chi connectivity index (χ0) is 9.52. The molecule has 1 aliphatic rings. The van der Waals surface area contributed by atoms with Gasteiger partial charge in [-0.1, -0.05) is 31.2 Å². The molecule has 0 aliphatic carbocycles. The number of hydrogen-bond acceptors (Lipinski definition) is 2. The van der Waals surface area contributed by atoms with Crippen LogP contribution in [0.1, 0.15) is 19.8 Å². The van der Waals surface area contributed by atoms with E-state index >= 15 is 0 Å². The Bertz CT molecular complexity index is 221. The molecule has 3 nitrogen and oxygen atoms in total. The van der Waals surface area contributed by atoms with E-state index in [1.165, 1.54) is 5.06 Å². The first-order valence-corrected chi connectivity index (χ1v) is 4.59. The van der Waals surface area contributed by atoms with E-state index in [-0.39, 0.29) is 5.91 Å². The molecule has 0 bridgehead atoms. The summed E-state index contributed by atoms with van der Waals surface area (Å²) in [6.45, 7) is 3.16. The van der Waals surface area contributed by atoms with Crippen LogP contribution in [0.3, 0.4) is 0 Å². The predicted molar refractivity (Wildman–Crippen MR) is 50.9 cm³/mol. The van der Waals surface area contributed by atoms with E-state index in [1.807, 2.05) is 31.2 Å². The Morgan fingerprint density at radius 3 is 3.00 bits per heavy atom. The number of nitrogens with zero attached hydrogens (tertiary/aromatic N) is 1. The van der Waals surface area contributed by atoms with Crippen molar-refractivity contribution in [3.05, 3.63) is 24.3 Å². The van der Waals surface area contributed by atoms with Crippen molar-refractivity contribution in [3.63, 3.8) is 0 Å². The van der Waals surface area contributed by atoms with Gasteiger partial charge in [0.05, 0.1) is 6.61 Å². The molecule has 0 N–H and O–H groups in total. The maximum atomic E-state index is 11.4. The van der Waals surface area contributed by atoms with Crippen molar-refractivity contribution < 1.29 is 9.63 Å². The van der Waals surface area contributed by atoms with Crippen LogP contribution in [0.5, 0.6) is 0 Å². The summed E-state index contributed by atoms with van der Waals surface area (Å²) in [6, 6.07) is 0. The predicted octanol–water partition coefficient (Wildman–Crippen LogP) is 1.67. The molecular weight excluding hydrogens is 166 g/mol. The average Bonchev–Trinajstić information content (AvgIpc) is 2.21. The Labute approximate surface area is 78.6 Å². The van der Waals surface area contributed by atoms with Gasteiger partial charge in [0.1, 0.15) is 0 Å². The van der Waals surface area contributed by atoms with E-state index in [4.69, 9.17) is 4.84 Å². The zero-order valence-corrected chi connectivity index (χ0v) is 7.90. The van der Waals surface area contributed by atoms with E-state index in [0.717, 1.165) is 6.42 Å². The monoisotopic (exact) mass is 181 g/mol. The molecule has 72 valence electrons. The van der Waals surface area contributed by atoms with Gasteiger partial charge in [-0.15, -0.1) is 0 Å². The first-order valence-electron chi connectivity index (χ1n) is 4.59. The van der Waals surface area contributed by atoms with Crippen LogP contribution in [0.15, 0.2) is 24.3 Å². The van der Waals surface area contributed by atoms with E-state index in [0.29, 0.717) is 19.6 Å². The minimum absolute atomic E-state index is 0.0294. The smallest absolute Gasteiger partial charge is 0.249 e. The van der Waals surface area contributed by atoms with Gasteiger partial charge in [-0.25, -0.2) is 5.06 Å². The fourth-order valence-corrected chi connectivity index (χ4v) is 1.08. The quantitative estimate of drug-likeness (QED) is 0.648. The van der Waals surface area contributed by atoms with E-state index < -0.39 is 0 Å². The Balaban J connectivity index is 2.54. The lowest BCUT2D eigenvalue weighted by Crippen LogP contribution is -2.31. The number of carbonyl (C=O) groups is 1. The summed E-state index contributed by atoms with van der Waals surface area (Å²) < 4.78 is 0. The summed E-state index contributed by atoms with van der Waals surface area (Å²) in [4.78, 5) is 16.7. The molecule has 0 aromatic heterocycles. The molecular formula is C10H15NO2. The molecule has 0 saturated carbocycles. The molecule has 0 aromatic carbocycles. The fraction of sp³-hybridized carbons (Fsp3) is 0.500. The molecule has 0 aromatic rings. The second kappa shape index (κ2) is 5.54. The number of hydrogen-bond donors (Lipinski definition) is 0. The topological polar surface area (TPSA) is 29.5 Å². The zero-order valence-electron chi connectivity index (χ0n) is 7.90. The highest BCUT2D eigenvalue weighted by Gasteiger charge is 2.11. The lowest BCUT2D eigenvalue weighted by atomic mass is 10.3. The third-order valence-corrected chi connectivity index (χ3v) is 1.71. The summed E-state index contributed by atoms with van der Waals surface area (Å²) in [5, 5.41) is 1.44. The van der Waals surface area contributed by atoms with Crippen LogP contribution in [0, 0.1) is 0 Å². The SMILES string of the molecule is CCCN1OC/C=C\C=C/CC1=O. The highest BCUT2D eigenvalue weighted by molar-refractivity contribution is 5.76. The molecule has 1 aliphatic heterocycles. The normalized spacial score (nSPS) is 23.2. The highest BCUT2D eigenvalue weighted by atomic mass is 16.7. The minimum Gasteiger partial charge on any atom is -0.272 e. The van der Waals surface area contributed by atoms with Crippen LogP contribution in [-0.2, 0) is 9.63 Å². The van der Waals surface area contributed by atoms with Gasteiger partial charge in [0.15, 0.2) is 0 Å².